The van der Waals surface area contributed by atoms with E-state index in [1.165, 1.54) is 11.3 Å². The second-order valence-electron chi connectivity index (χ2n) is 6.71. The van der Waals surface area contributed by atoms with Crippen LogP contribution in [0.5, 0.6) is 0 Å². The third-order valence-electron chi connectivity index (χ3n) is 4.72. The lowest BCUT2D eigenvalue weighted by atomic mass is 10.2. The minimum absolute atomic E-state index is 0.696. The van der Waals surface area contributed by atoms with Gasteiger partial charge >= 0.3 is 0 Å². The number of hydrogen-bond acceptors (Lipinski definition) is 5. The molecular formula is C21H22ClN5. The van der Waals surface area contributed by atoms with Gasteiger partial charge in [-0.15, -0.1) is 0 Å². The summed E-state index contributed by atoms with van der Waals surface area (Å²) in [6.45, 7) is 5.95. The molecule has 1 aliphatic heterocycles. The first-order valence-electron chi connectivity index (χ1n) is 9.08. The van der Waals surface area contributed by atoms with E-state index in [-0.39, 0.29) is 0 Å². The minimum Gasteiger partial charge on any atom is -0.368 e. The zero-order chi connectivity index (χ0) is 18.6. The number of halogens is 1. The minimum atomic E-state index is 0.696. The zero-order valence-corrected chi connectivity index (χ0v) is 16.0. The number of rotatable bonds is 4. The van der Waals surface area contributed by atoms with E-state index in [1.807, 2.05) is 30.3 Å². The van der Waals surface area contributed by atoms with Gasteiger partial charge in [0.1, 0.15) is 18.0 Å². The van der Waals surface area contributed by atoms with E-state index in [0.29, 0.717) is 5.02 Å². The fourth-order valence-electron chi connectivity index (χ4n) is 3.32. The van der Waals surface area contributed by atoms with Gasteiger partial charge in [0.15, 0.2) is 0 Å². The topological polar surface area (TPSA) is 44.3 Å². The van der Waals surface area contributed by atoms with Gasteiger partial charge in [0, 0.05) is 48.6 Å². The number of nitrogens with one attached hydrogen (secondary N) is 1. The smallest absolute Gasteiger partial charge is 0.135 e. The van der Waals surface area contributed by atoms with Crippen molar-refractivity contribution in [3.8, 4) is 0 Å². The Hall–Kier alpha value is -2.79. The van der Waals surface area contributed by atoms with Crippen LogP contribution in [0.3, 0.4) is 0 Å². The molecular weight excluding hydrogens is 358 g/mol. The van der Waals surface area contributed by atoms with Gasteiger partial charge in [0.2, 0.25) is 0 Å². The molecule has 3 aromatic rings. The molecule has 4 rings (SSSR count). The molecule has 0 radical (unpaired) electrons. The summed E-state index contributed by atoms with van der Waals surface area (Å²) in [5.74, 6) is 1.71. The maximum Gasteiger partial charge on any atom is 0.135 e. The van der Waals surface area contributed by atoms with E-state index in [2.05, 4.69) is 56.3 Å². The second kappa shape index (κ2) is 7.84. The van der Waals surface area contributed by atoms with E-state index in [1.54, 1.807) is 6.33 Å². The summed E-state index contributed by atoms with van der Waals surface area (Å²) in [5.41, 5.74) is 3.50. The Bertz CT molecular complexity index is 922. The molecule has 1 N–H and O–H groups in total. The number of aryl methyl sites for hydroxylation is 1. The Balaban J connectivity index is 1.42. The number of anilines is 4. The van der Waals surface area contributed by atoms with Gasteiger partial charge in [0.05, 0.1) is 0 Å². The molecule has 2 aromatic carbocycles. The van der Waals surface area contributed by atoms with Gasteiger partial charge in [-0.1, -0.05) is 29.8 Å². The molecule has 5 nitrogen and oxygen atoms in total. The molecule has 1 aliphatic rings. The monoisotopic (exact) mass is 379 g/mol. The van der Waals surface area contributed by atoms with Crippen LogP contribution in [0.15, 0.2) is 60.9 Å². The van der Waals surface area contributed by atoms with Crippen LogP contribution < -0.4 is 15.1 Å². The standard InChI is InChI=1S/C21H22ClN5/c1-16-4-2-7-19(12-16)26-8-10-27(11-9-26)21-14-20(23-15-24-21)25-18-6-3-5-17(22)13-18/h2-7,12-15H,8-11H2,1H3,(H,23,24,25). The maximum absolute atomic E-state index is 6.05. The zero-order valence-electron chi connectivity index (χ0n) is 15.3. The molecule has 0 saturated carbocycles. The van der Waals surface area contributed by atoms with Crippen LogP contribution in [0.2, 0.25) is 5.02 Å². The van der Waals surface area contributed by atoms with Crippen molar-refractivity contribution in [3.05, 3.63) is 71.5 Å². The lowest BCUT2D eigenvalue weighted by Crippen LogP contribution is -2.46. The SMILES string of the molecule is Cc1cccc(N2CCN(c3cc(Nc4cccc(Cl)c4)ncn3)CC2)c1. The van der Waals surface area contributed by atoms with Crippen molar-refractivity contribution < 1.29 is 0 Å². The molecule has 138 valence electrons. The molecule has 6 heteroatoms. The van der Waals surface area contributed by atoms with Crippen LogP contribution in [0.4, 0.5) is 23.0 Å². The molecule has 1 fully saturated rings. The Labute approximate surface area is 164 Å². The highest BCUT2D eigenvalue weighted by Crippen LogP contribution is 2.23. The quantitative estimate of drug-likeness (QED) is 0.722. The number of nitrogens with zero attached hydrogens (tertiary/aromatic N) is 4. The van der Waals surface area contributed by atoms with Gasteiger partial charge < -0.3 is 15.1 Å². The van der Waals surface area contributed by atoms with Crippen molar-refractivity contribution in [3.63, 3.8) is 0 Å². The first-order chi connectivity index (χ1) is 13.2. The number of aromatic nitrogens is 2. The summed E-state index contributed by atoms with van der Waals surface area (Å²) in [7, 11) is 0. The first kappa shape index (κ1) is 17.6. The van der Waals surface area contributed by atoms with E-state index >= 15 is 0 Å². The summed E-state index contributed by atoms with van der Waals surface area (Å²) < 4.78 is 0. The van der Waals surface area contributed by atoms with Crippen LogP contribution in [0.25, 0.3) is 0 Å². The number of hydrogen-bond donors (Lipinski definition) is 1. The molecule has 0 spiro atoms. The van der Waals surface area contributed by atoms with Crippen molar-refractivity contribution in [1.29, 1.82) is 0 Å². The predicted molar refractivity (Wildman–Crippen MR) is 112 cm³/mol. The largest absolute Gasteiger partial charge is 0.368 e. The van der Waals surface area contributed by atoms with E-state index < -0.39 is 0 Å². The molecule has 2 heterocycles. The lowest BCUT2D eigenvalue weighted by Gasteiger charge is -2.36. The van der Waals surface area contributed by atoms with Gasteiger partial charge in [-0.3, -0.25) is 0 Å². The normalized spacial score (nSPS) is 14.3. The molecule has 0 atom stereocenters. The predicted octanol–water partition coefficient (Wildman–Crippen LogP) is 4.51. The summed E-state index contributed by atoms with van der Waals surface area (Å²) in [4.78, 5) is 13.5. The highest BCUT2D eigenvalue weighted by atomic mass is 35.5. The van der Waals surface area contributed by atoms with Gasteiger partial charge in [-0.25, -0.2) is 9.97 Å². The van der Waals surface area contributed by atoms with Crippen LogP contribution in [-0.2, 0) is 0 Å². The highest BCUT2D eigenvalue weighted by molar-refractivity contribution is 6.30. The fraction of sp³-hybridized carbons (Fsp3) is 0.238. The third kappa shape index (κ3) is 4.31. The number of piperazine rings is 1. The molecule has 0 amide bonds. The molecule has 1 saturated heterocycles. The average molecular weight is 380 g/mol. The van der Waals surface area contributed by atoms with Gasteiger partial charge in [-0.2, -0.15) is 0 Å². The molecule has 0 aliphatic carbocycles. The van der Waals surface area contributed by atoms with Crippen molar-refractivity contribution in [1.82, 2.24) is 9.97 Å². The first-order valence-corrected chi connectivity index (χ1v) is 9.46. The summed E-state index contributed by atoms with van der Waals surface area (Å²) in [6.07, 6.45) is 1.61. The Morgan fingerprint density at radius 3 is 2.44 bits per heavy atom. The van der Waals surface area contributed by atoms with Crippen LogP contribution in [-0.4, -0.2) is 36.1 Å². The van der Waals surface area contributed by atoms with Crippen molar-refractivity contribution in [2.24, 2.45) is 0 Å². The molecule has 27 heavy (non-hydrogen) atoms. The molecule has 0 bridgehead atoms. The van der Waals surface area contributed by atoms with Crippen LogP contribution >= 0.6 is 11.6 Å². The number of benzene rings is 2. The summed E-state index contributed by atoms with van der Waals surface area (Å²) in [5, 5.41) is 3.99. The maximum atomic E-state index is 6.05. The van der Waals surface area contributed by atoms with Crippen molar-refractivity contribution in [2.75, 3.05) is 41.3 Å². The summed E-state index contributed by atoms with van der Waals surface area (Å²) >= 11 is 6.05. The molecule has 1 aromatic heterocycles. The highest BCUT2D eigenvalue weighted by Gasteiger charge is 2.19. The van der Waals surface area contributed by atoms with Gasteiger partial charge in [0.25, 0.3) is 0 Å². The molecule has 0 unspecified atom stereocenters. The second-order valence-corrected chi connectivity index (χ2v) is 7.15. The Kier molecular flexibility index (Phi) is 5.12. The third-order valence-corrected chi connectivity index (χ3v) is 4.96. The average Bonchev–Trinajstić information content (AvgIpc) is 2.68. The Morgan fingerprint density at radius 2 is 1.67 bits per heavy atom. The van der Waals surface area contributed by atoms with Crippen LogP contribution in [0.1, 0.15) is 5.56 Å². The van der Waals surface area contributed by atoms with Crippen molar-refractivity contribution >= 4 is 34.6 Å². The Morgan fingerprint density at radius 1 is 0.889 bits per heavy atom. The van der Waals surface area contributed by atoms with E-state index in [4.69, 9.17) is 11.6 Å². The van der Waals surface area contributed by atoms with Gasteiger partial charge in [-0.05, 0) is 42.8 Å². The summed E-state index contributed by atoms with van der Waals surface area (Å²) in [6, 6.07) is 18.3. The fourth-order valence-corrected chi connectivity index (χ4v) is 3.51. The van der Waals surface area contributed by atoms with Crippen molar-refractivity contribution in [2.45, 2.75) is 6.92 Å². The van der Waals surface area contributed by atoms with E-state index in [9.17, 15) is 0 Å². The van der Waals surface area contributed by atoms with E-state index in [0.717, 1.165) is 43.5 Å². The van der Waals surface area contributed by atoms with Crippen LogP contribution in [0, 0.1) is 6.92 Å². The lowest BCUT2D eigenvalue weighted by molar-refractivity contribution is 0.647.